The van der Waals surface area contributed by atoms with Crippen LogP contribution in [0.1, 0.15) is 6.92 Å². The van der Waals surface area contributed by atoms with E-state index in [-0.39, 0.29) is 0 Å². The molecule has 0 unspecified atom stereocenters. The molecule has 2 rings (SSSR count). The van der Waals surface area contributed by atoms with E-state index < -0.39 is 0 Å². The van der Waals surface area contributed by atoms with Crippen LogP contribution in [0.4, 0.5) is 17.3 Å². The first-order chi connectivity index (χ1) is 7.83. The SMILES string of the molecule is CCN(c1ccccc1)c1nccnc1N. The van der Waals surface area contributed by atoms with Crippen LogP contribution in [0.5, 0.6) is 0 Å². The highest BCUT2D eigenvalue weighted by molar-refractivity contribution is 5.67. The lowest BCUT2D eigenvalue weighted by Gasteiger charge is -2.22. The van der Waals surface area contributed by atoms with Gasteiger partial charge in [-0.1, -0.05) is 18.2 Å². The number of aromatic nitrogens is 2. The predicted octanol–water partition coefficient (Wildman–Crippen LogP) is 2.22. The molecule has 0 bridgehead atoms. The molecule has 0 atom stereocenters. The smallest absolute Gasteiger partial charge is 0.176 e. The second kappa shape index (κ2) is 4.61. The van der Waals surface area contributed by atoms with Crippen molar-refractivity contribution in [2.24, 2.45) is 0 Å². The van der Waals surface area contributed by atoms with E-state index in [1.807, 2.05) is 35.2 Å². The maximum atomic E-state index is 5.82. The second-order valence-corrected chi connectivity index (χ2v) is 3.34. The van der Waals surface area contributed by atoms with Crippen molar-refractivity contribution in [3.8, 4) is 0 Å². The number of hydrogen-bond donors (Lipinski definition) is 1. The van der Waals surface area contributed by atoms with Gasteiger partial charge >= 0.3 is 0 Å². The van der Waals surface area contributed by atoms with Crippen molar-refractivity contribution in [1.82, 2.24) is 9.97 Å². The van der Waals surface area contributed by atoms with E-state index in [9.17, 15) is 0 Å². The highest BCUT2D eigenvalue weighted by Gasteiger charge is 2.11. The van der Waals surface area contributed by atoms with Gasteiger partial charge in [-0.15, -0.1) is 0 Å². The molecule has 1 heterocycles. The molecule has 2 aromatic rings. The minimum atomic E-state index is 0.452. The summed E-state index contributed by atoms with van der Waals surface area (Å²) in [5, 5.41) is 0. The van der Waals surface area contributed by atoms with Crippen LogP contribution in [0.15, 0.2) is 42.7 Å². The summed E-state index contributed by atoms with van der Waals surface area (Å²) in [4.78, 5) is 10.3. The Bertz CT molecular complexity index is 456. The summed E-state index contributed by atoms with van der Waals surface area (Å²) in [6, 6.07) is 10.0. The Labute approximate surface area is 94.8 Å². The number of para-hydroxylation sites is 1. The third-order valence-corrected chi connectivity index (χ3v) is 2.35. The first kappa shape index (κ1) is 10.4. The zero-order valence-corrected chi connectivity index (χ0v) is 9.17. The molecule has 1 aromatic heterocycles. The van der Waals surface area contributed by atoms with Crippen molar-refractivity contribution in [2.75, 3.05) is 17.2 Å². The number of nitrogens with zero attached hydrogens (tertiary/aromatic N) is 3. The molecule has 82 valence electrons. The molecule has 0 radical (unpaired) electrons. The Morgan fingerprint density at radius 1 is 1.12 bits per heavy atom. The van der Waals surface area contributed by atoms with Crippen LogP contribution in [0.3, 0.4) is 0 Å². The van der Waals surface area contributed by atoms with Crippen molar-refractivity contribution >= 4 is 17.3 Å². The lowest BCUT2D eigenvalue weighted by atomic mass is 10.3. The molecule has 2 N–H and O–H groups in total. The van der Waals surface area contributed by atoms with Crippen LogP contribution in [-0.2, 0) is 0 Å². The highest BCUT2D eigenvalue weighted by Crippen LogP contribution is 2.25. The van der Waals surface area contributed by atoms with Gasteiger partial charge in [-0.25, -0.2) is 9.97 Å². The van der Waals surface area contributed by atoms with Gasteiger partial charge in [0.05, 0.1) is 0 Å². The zero-order chi connectivity index (χ0) is 11.4. The lowest BCUT2D eigenvalue weighted by Crippen LogP contribution is -2.19. The molecule has 16 heavy (non-hydrogen) atoms. The second-order valence-electron chi connectivity index (χ2n) is 3.34. The highest BCUT2D eigenvalue weighted by atomic mass is 15.2. The van der Waals surface area contributed by atoms with Crippen LogP contribution in [0.25, 0.3) is 0 Å². The van der Waals surface area contributed by atoms with E-state index in [1.54, 1.807) is 12.4 Å². The van der Waals surface area contributed by atoms with Crippen LogP contribution >= 0.6 is 0 Å². The molecular formula is C12H14N4. The molecular weight excluding hydrogens is 200 g/mol. The van der Waals surface area contributed by atoms with Gasteiger partial charge in [-0.05, 0) is 19.1 Å². The average molecular weight is 214 g/mol. The number of nitrogen functional groups attached to an aromatic ring is 1. The predicted molar refractivity (Wildman–Crippen MR) is 65.6 cm³/mol. The van der Waals surface area contributed by atoms with E-state index in [0.29, 0.717) is 11.6 Å². The van der Waals surface area contributed by atoms with Crippen LogP contribution in [-0.4, -0.2) is 16.5 Å². The molecule has 4 nitrogen and oxygen atoms in total. The fourth-order valence-electron chi connectivity index (χ4n) is 1.61. The summed E-state index contributed by atoms with van der Waals surface area (Å²) in [6.45, 7) is 2.86. The van der Waals surface area contributed by atoms with E-state index in [4.69, 9.17) is 5.73 Å². The number of nitrogens with two attached hydrogens (primary N) is 1. The van der Waals surface area contributed by atoms with Gasteiger partial charge in [0.15, 0.2) is 11.6 Å². The fourth-order valence-corrected chi connectivity index (χ4v) is 1.61. The summed E-state index contributed by atoms with van der Waals surface area (Å²) in [6.07, 6.45) is 3.24. The Hall–Kier alpha value is -2.10. The van der Waals surface area contributed by atoms with Gasteiger partial charge in [0.25, 0.3) is 0 Å². The third kappa shape index (κ3) is 1.95. The Morgan fingerprint density at radius 3 is 2.44 bits per heavy atom. The largest absolute Gasteiger partial charge is 0.381 e. The summed E-state index contributed by atoms with van der Waals surface area (Å²) in [5.41, 5.74) is 6.89. The van der Waals surface area contributed by atoms with E-state index in [2.05, 4.69) is 16.9 Å². The summed E-state index contributed by atoms with van der Waals surface area (Å²) in [7, 11) is 0. The maximum Gasteiger partial charge on any atom is 0.176 e. The Morgan fingerprint density at radius 2 is 1.81 bits per heavy atom. The molecule has 0 aliphatic rings. The standard InChI is InChI=1S/C12H14N4/c1-2-16(10-6-4-3-5-7-10)12-11(13)14-8-9-15-12/h3-9H,2H2,1H3,(H2,13,14). The number of rotatable bonds is 3. The van der Waals surface area contributed by atoms with Crippen molar-refractivity contribution < 1.29 is 0 Å². The number of hydrogen-bond acceptors (Lipinski definition) is 4. The monoisotopic (exact) mass is 214 g/mol. The van der Waals surface area contributed by atoms with Gasteiger partial charge in [0.2, 0.25) is 0 Å². The van der Waals surface area contributed by atoms with Gasteiger partial charge < -0.3 is 10.6 Å². The van der Waals surface area contributed by atoms with Crippen molar-refractivity contribution in [1.29, 1.82) is 0 Å². The molecule has 0 amide bonds. The molecule has 4 heteroatoms. The van der Waals surface area contributed by atoms with Gasteiger partial charge in [0, 0.05) is 24.6 Å². The van der Waals surface area contributed by atoms with Crippen molar-refractivity contribution in [2.45, 2.75) is 6.92 Å². The lowest BCUT2D eigenvalue weighted by molar-refractivity contribution is 0.980. The van der Waals surface area contributed by atoms with Gasteiger partial charge in [-0.2, -0.15) is 0 Å². The fraction of sp³-hybridized carbons (Fsp3) is 0.167. The van der Waals surface area contributed by atoms with Gasteiger partial charge in [-0.3, -0.25) is 0 Å². The molecule has 0 fully saturated rings. The summed E-state index contributed by atoms with van der Waals surface area (Å²) < 4.78 is 0. The average Bonchev–Trinajstić information content (AvgIpc) is 2.34. The van der Waals surface area contributed by atoms with Crippen LogP contribution < -0.4 is 10.6 Å². The number of anilines is 3. The first-order valence-corrected chi connectivity index (χ1v) is 5.22. The quantitative estimate of drug-likeness (QED) is 0.851. The van der Waals surface area contributed by atoms with E-state index >= 15 is 0 Å². The Balaban J connectivity index is 2.41. The number of benzene rings is 1. The third-order valence-electron chi connectivity index (χ3n) is 2.35. The van der Waals surface area contributed by atoms with E-state index in [1.165, 1.54) is 0 Å². The topological polar surface area (TPSA) is 55.0 Å². The molecule has 0 aliphatic carbocycles. The van der Waals surface area contributed by atoms with Crippen molar-refractivity contribution in [3.63, 3.8) is 0 Å². The molecule has 0 spiro atoms. The Kier molecular flexibility index (Phi) is 3.00. The minimum Gasteiger partial charge on any atom is -0.381 e. The van der Waals surface area contributed by atoms with Crippen LogP contribution in [0.2, 0.25) is 0 Å². The maximum absolute atomic E-state index is 5.82. The minimum absolute atomic E-state index is 0.452. The molecule has 1 aromatic carbocycles. The van der Waals surface area contributed by atoms with Crippen molar-refractivity contribution in [3.05, 3.63) is 42.7 Å². The normalized spacial score (nSPS) is 10.1. The summed E-state index contributed by atoms with van der Waals surface area (Å²) >= 11 is 0. The van der Waals surface area contributed by atoms with E-state index in [0.717, 1.165) is 12.2 Å². The van der Waals surface area contributed by atoms with Gasteiger partial charge in [0.1, 0.15) is 0 Å². The molecule has 0 saturated carbocycles. The molecule has 0 aliphatic heterocycles. The molecule has 0 saturated heterocycles. The summed E-state index contributed by atoms with van der Waals surface area (Å²) in [5.74, 6) is 1.16. The first-order valence-electron chi connectivity index (χ1n) is 5.22. The van der Waals surface area contributed by atoms with Crippen LogP contribution in [0, 0.1) is 0 Å². The zero-order valence-electron chi connectivity index (χ0n) is 9.17.